The summed E-state index contributed by atoms with van der Waals surface area (Å²) in [5.41, 5.74) is 0.721. The minimum atomic E-state index is -0.795. The summed E-state index contributed by atoms with van der Waals surface area (Å²) in [5, 5.41) is 0. The molecule has 0 amide bonds. The molecule has 2 aliphatic heterocycles. The third-order valence-corrected chi connectivity index (χ3v) is 4.74. The standard InChI is InChI=1S/C19H22O5/c1-5-11(2)18(21)24-19(3,4)15-10-13-14(22-15)8-6-12-7-9-16(20)23-17(12)13/h5-9,12,15,17H,10H2,1-4H3. The van der Waals surface area contributed by atoms with Crippen molar-refractivity contribution in [2.75, 3.05) is 0 Å². The highest BCUT2D eigenvalue weighted by atomic mass is 16.6. The Bertz CT molecular complexity index is 693. The van der Waals surface area contributed by atoms with Crippen molar-refractivity contribution in [2.45, 2.75) is 51.9 Å². The molecule has 128 valence electrons. The highest BCUT2D eigenvalue weighted by Crippen LogP contribution is 2.42. The van der Waals surface area contributed by atoms with Crippen LogP contribution in [0.25, 0.3) is 0 Å². The van der Waals surface area contributed by atoms with Crippen molar-refractivity contribution < 1.29 is 23.8 Å². The summed E-state index contributed by atoms with van der Waals surface area (Å²) < 4.78 is 17.1. The fourth-order valence-corrected chi connectivity index (χ4v) is 3.06. The lowest BCUT2D eigenvalue weighted by atomic mass is 9.85. The quantitative estimate of drug-likeness (QED) is 0.588. The number of carbonyl (C=O) groups excluding carboxylic acids is 2. The molecule has 5 nitrogen and oxygen atoms in total. The van der Waals surface area contributed by atoms with Gasteiger partial charge in [0.05, 0.1) is 0 Å². The Kier molecular flexibility index (Phi) is 4.11. The lowest BCUT2D eigenvalue weighted by Gasteiger charge is -2.31. The SMILES string of the molecule is CC=C(C)C(=O)OC(C)(C)C1CC2=C(C=CC3C=CC(=O)OC23)O1. The van der Waals surface area contributed by atoms with E-state index in [1.165, 1.54) is 6.08 Å². The van der Waals surface area contributed by atoms with Crippen LogP contribution in [0.15, 0.2) is 47.3 Å². The molecule has 0 spiro atoms. The molecule has 0 aromatic heterocycles. The van der Waals surface area contributed by atoms with Crippen LogP contribution in [0.3, 0.4) is 0 Å². The summed E-state index contributed by atoms with van der Waals surface area (Å²) in [4.78, 5) is 23.6. The summed E-state index contributed by atoms with van der Waals surface area (Å²) >= 11 is 0. The van der Waals surface area contributed by atoms with Crippen LogP contribution >= 0.6 is 0 Å². The molecule has 2 heterocycles. The molecule has 24 heavy (non-hydrogen) atoms. The van der Waals surface area contributed by atoms with Crippen LogP contribution in [-0.2, 0) is 23.8 Å². The highest BCUT2D eigenvalue weighted by Gasteiger charge is 2.45. The minimum absolute atomic E-state index is 0.0414. The first-order valence-corrected chi connectivity index (χ1v) is 8.15. The Labute approximate surface area is 141 Å². The van der Waals surface area contributed by atoms with Crippen molar-refractivity contribution in [1.82, 2.24) is 0 Å². The van der Waals surface area contributed by atoms with Crippen molar-refractivity contribution >= 4 is 11.9 Å². The minimum Gasteiger partial charge on any atom is -0.486 e. The summed E-state index contributed by atoms with van der Waals surface area (Å²) in [7, 11) is 0. The Morgan fingerprint density at radius 1 is 1.29 bits per heavy atom. The number of esters is 2. The number of hydrogen-bond donors (Lipinski definition) is 0. The van der Waals surface area contributed by atoms with Crippen molar-refractivity contribution in [3.8, 4) is 0 Å². The number of carbonyl (C=O) groups is 2. The first-order chi connectivity index (χ1) is 11.3. The van der Waals surface area contributed by atoms with Gasteiger partial charge >= 0.3 is 11.9 Å². The predicted molar refractivity (Wildman–Crippen MR) is 87.8 cm³/mol. The second kappa shape index (κ2) is 5.96. The topological polar surface area (TPSA) is 61.8 Å². The maximum Gasteiger partial charge on any atom is 0.334 e. The van der Waals surface area contributed by atoms with E-state index in [-0.39, 0.29) is 30.1 Å². The molecular weight excluding hydrogens is 308 g/mol. The molecule has 1 aliphatic carbocycles. The number of fused-ring (bicyclic) bond motifs is 2. The van der Waals surface area contributed by atoms with E-state index in [1.54, 1.807) is 19.9 Å². The monoisotopic (exact) mass is 330 g/mol. The van der Waals surface area contributed by atoms with E-state index in [4.69, 9.17) is 14.2 Å². The number of allylic oxidation sites excluding steroid dienone is 2. The summed E-state index contributed by atoms with van der Waals surface area (Å²) in [5.74, 6) is 0.0728. The van der Waals surface area contributed by atoms with Crippen molar-refractivity contribution in [3.63, 3.8) is 0 Å². The molecule has 5 heteroatoms. The Balaban J connectivity index is 1.74. The van der Waals surface area contributed by atoms with E-state index in [0.29, 0.717) is 12.0 Å². The van der Waals surface area contributed by atoms with Crippen LogP contribution in [0.4, 0.5) is 0 Å². The molecule has 0 fully saturated rings. The predicted octanol–water partition coefficient (Wildman–Crippen LogP) is 2.99. The average Bonchev–Trinajstić information content (AvgIpc) is 2.99. The zero-order valence-corrected chi connectivity index (χ0v) is 14.4. The third-order valence-electron chi connectivity index (χ3n) is 4.74. The number of hydrogen-bond acceptors (Lipinski definition) is 5. The molecule has 0 radical (unpaired) electrons. The molecule has 0 saturated carbocycles. The van der Waals surface area contributed by atoms with Gasteiger partial charge in [-0.05, 0) is 33.8 Å². The lowest BCUT2D eigenvalue weighted by Crippen LogP contribution is -2.41. The molecule has 0 aromatic carbocycles. The molecule has 3 rings (SSSR count). The van der Waals surface area contributed by atoms with E-state index in [9.17, 15) is 9.59 Å². The van der Waals surface area contributed by atoms with Crippen LogP contribution in [0.1, 0.15) is 34.1 Å². The molecule has 3 unspecified atom stereocenters. The molecular formula is C19H22O5. The van der Waals surface area contributed by atoms with Crippen molar-refractivity contribution in [1.29, 1.82) is 0 Å². The van der Waals surface area contributed by atoms with E-state index in [1.807, 2.05) is 32.1 Å². The largest absolute Gasteiger partial charge is 0.486 e. The maximum atomic E-state index is 12.1. The van der Waals surface area contributed by atoms with Gasteiger partial charge in [0.25, 0.3) is 0 Å². The van der Waals surface area contributed by atoms with Crippen LogP contribution in [0, 0.1) is 5.92 Å². The highest BCUT2D eigenvalue weighted by molar-refractivity contribution is 5.88. The van der Waals surface area contributed by atoms with Gasteiger partial charge < -0.3 is 14.2 Å². The molecule has 0 N–H and O–H groups in total. The van der Waals surface area contributed by atoms with Gasteiger partial charge in [0.1, 0.15) is 23.6 Å². The summed E-state index contributed by atoms with van der Waals surface area (Å²) in [6.45, 7) is 7.19. The molecule has 0 bridgehead atoms. The van der Waals surface area contributed by atoms with Gasteiger partial charge in [0, 0.05) is 29.6 Å². The van der Waals surface area contributed by atoms with E-state index >= 15 is 0 Å². The van der Waals surface area contributed by atoms with E-state index in [0.717, 1.165) is 11.3 Å². The van der Waals surface area contributed by atoms with Gasteiger partial charge in [-0.1, -0.05) is 18.2 Å². The van der Waals surface area contributed by atoms with E-state index < -0.39 is 5.60 Å². The number of rotatable bonds is 3. The van der Waals surface area contributed by atoms with Gasteiger partial charge in [-0.2, -0.15) is 0 Å². The molecule has 3 aliphatic rings. The van der Waals surface area contributed by atoms with Crippen molar-refractivity contribution in [2.24, 2.45) is 5.92 Å². The second-order valence-corrected chi connectivity index (χ2v) is 6.82. The number of ether oxygens (including phenoxy) is 3. The van der Waals surface area contributed by atoms with Gasteiger partial charge in [0.2, 0.25) is 0 Å². The second-order valence-electron chi connectivity index (χ2n) is 6.82. The smallest absolute Gasteiger partial charge is 0.334 e. The fourth-order valence-electron chi connectivity index (χ4n) is 3.06. The zero-order valence-electron chi connectivity index (χ0n) is 14.4. The first kappa shape index (κ1) is 16.6. The lowest BCUT2D eigenvalue weighted by molar-refractivity contribution is -0.162. The fraction of sp³-hybridized carbons (Fsp3) is 0.474. The van der Waals surface area contributed by atoms with Gasteiger partial charge in [-0.15, -0.1) is 0 Å². The normalized spacial score (nSPS) is 28.9. The van der Waals surface area contributed by atoms with Gasteiger partial charge in [-0.3, -0.25) is 0 Å². The maximum absolute atomic E-state index is 12.1. The Morgan fingerprint density at radius 2 is 2.00 bits per heavy atom. The zero-order chi connectivity index (χ0) is 17.5. The van der Waals surface area contributed by atoms with Gasteiger partial charge in [-0.25, -0.2) is 9.59 Å². The van der Waals surface area contributed by atoms with Crippen LogP contribution < -0.4 is 0 Å². The summed E-state index contributed by atoms with van der Waals surface area (Å²) in [6, 6.07) is 0. The third kappa shape index (κ3) is 2.90. The molecule has 3 atom stereocenters. The average molecular weight is 330 g/mol. The molecule has 0 saturated heterocycles. The Hall–Kier alpha value is -2.30. The van der Waals surface area contributed by atoms with Crippen LogP contribution in [-0.4, -0.2) is 29.7 Å². The van der Waals surface area contributed by atoms with Gasteiger partial charge in [0.15, 0.2) is 0 Å². The van der Waals surface area contributed by atoms with Crippen molar-refractivity contribution in [3.05, 3.63) is 47.3 Å². The van der Waals surface area contributed by atoms with Crippen LogP contribution in [0.5, 0.6) is 0 Å². The van der Waals surface area contributed by atoms with Crippen LogP contribution in [0.2, 0.25) is 0 Å². The first-order valence-electron chi connectivity index (χ1n) is 8.15. The Morgan fingerprint density at radius 3 is 2.71 bits per heavy atom. The molecule has 0 aromatic rings. The summed E-state index contributed by atoms with van der Waals surface area (Å²) in [6.07, 6.45) is 8.84. The van der Waals surface area contributed by atoms with E-state index in [2.05, 4.69) is 0 Å².